The largest absolute Gasteiger partial charge is 0.508 e. The Morgan fingerprint density at radius 3 is 2.43 bits per heavy atom. The van der Waals surface area contributed by atoms with Crippen molar-refractivity contribution >= 4 is 6.03 Å². The molecular weight excluding hydrogens is 264 g/mol. The summed E-state index contributed by atoms with van der Waals surface area (Å²) in [5, 5.41) is 12.7. The maximum absolute atomic E-state index is 12.2. The molecule has 0 heterocycles. The number of hydrogen-bond acceptors (Lipinski definition) is 2. The average molecular weight is 284 g/mol. The number of nitrogens with zero attached hydrogens (tertiary/aromatic N) is 1. The molecule has 0 aromatic heterocycles. The number of amides is 2. The van der Waals surface area contributed by atoms with Crippen LogP contribution < -0.4 is 5.32 Å². The fourth-order valence-corrected chi connectivity index (χ4v) is 2.12. The molecule has 2 amide bonds. The smallest absolute Gasteiger partial charge is 0.317 e. The van der Waals surface area contributed by atoms with Gasteiger partial charge in [-0.25, -0.2) is 4.79 Å². The average Bonchev–Trinajstić information content (AvgIpc) is 2.52. The Labute approximate surface area is 125 Å². The molecule has 1 atom stereocenters. The Morgan fingerprint density at radius 2 is 1.76 bits per heavy atom. The van der Waals surface area contributed by atoms with Crippen molar-refractivity contribution in [2.45, 2.75) is 19.5 Å². The first-order chi connectivity index (χ1) is 10.1. The first-order valence-corrected chi connectivity index (χ1v) is 6.92. The highest BCUT2D eigenvalue weighted by Gasteiger charge is 2.19. The standard InChI is InChI=1S/C17H20N2O2/c1-13(15-10-6-7-11-16(15)20)19(2)17(21)18-12-14-8-4-3-5-9-14/h3-11,13,20H,12H2,1-2H3,(H,18,21)/t13-/m1/s1. The molecular formula is C17H20N2O2. The quantitative estimate of drug-likeness (QED) is 0.905. The van der Waals surface area contributed by atoms with E-state index in [0.29, 0.717) is 6.54 Å². The molecule has 4 heteroatoms. The van der Waals surface area contributed by atoms with E-state index in [1.165, 1.54) is 0 Å². The number of carbonyl (C=O) groups excluding carboxylic acids is 1. The van der Waals surface area contributed by atoms with Crippen LogP contribution in [0.4, 0.5) is 4.79 Å². The fourth-order valence-electron chi connectivity index (χ4n) is 2.12. The van der Waals surface area contributed by atoms with Crippen LogP contribution >= 0.6 is 0 Å². The molecule has 0 bridgehead atoms. The van der Waals surface area contributed by atoms with Crippen molar-refractivity contribution < 1.29 is 9.90 Å². The third kappa shape index (κ3) is 3.75. The van der Waals surface area contributed by atoms with Crippen molar-refractivity contribution in [3.05, 3.63) is 65.7 Å². The summed E-state index contributed by atoms with van der Waals surface area (Å²) in [5.41, 5.74) is 1.78. The van der Waals surface area contributed by atoms with Gasteiger partial charge in [0.1, 0.15) is 5.75 Å². The number of nitrogens with one attached hydrogen (secondary N) is 1. The van der Waals surface area contributed by atoms with E-state index in [9.17, 15) is 9.90 Å². The van der Waals surface area contributed by atoms with Crippen LogP contribution in [-0.4, -0.2) is 23.1 Å². The van der Waals surface area contributed by atoms with Gasteiger partial charge in [-0.1, -0.05) is 48.5 Å². The summed E-state index contributed by atoms with van der Waals surface area (Å²) in [5.74, 6) is 0.202. The topological polar surface area (TPSA) is 52.6 Å². The number of phenols is 1. The number of carbonyl (C=O) groups is 1. The summed E-state index contributed by atoms with van der Waals surface area (Å²) < 4.78 is 0. The van der Waals surface area contributed by atoms with E-state index in [4.69, 9.17) is 0 Å². The predicted molar refractivity (Wildman–Crippen MR) is 83.0 cm³/mol. The maximum atomic E-state index is 12.2. The van der Waals surface area contributed by atoms with E-state index in [1.54, 1.807) is 24.1 Å². The summed E-state index contributed by atoms with van der Waals surface area (Å²) in [6.07, 6.45) is 0. The molecule has 0 fully saturated rings. The molecule has 0 saturated carbocycles. The van der Waals surface area contributed by atoms with Crippen LogP contribution in [0, 0.1) is 0 Å². The number of phenolic OH excluding ortho intramolecular Hbond substituents is 1. The van der Waals surface area contributed by atoms with E-state index in [0.717, 1.165) is 11.1 Å². The Bertz CT molecular complexity index is 599. The first kappa shape index (κ1) is 14.9. The number of para-hydroxylation sites is 1. The van der Waals surface area contributed by atoms with E-state index in [2.05, 4.69) is 5.32 Å². The number of hydrogen-bond donors (Lipinski definition) is 2. The number of urea groups is 1. The van der Waals surface area contributed by atoms with Crippen LogP contribution in [0.1, 0.15) is 24.1 Å². The Balaban J connectivity index is 1.97. The summed E-state index contributed by atoms with van der Waals surface area (Å²) in [4.78, 5) is 13.8. The summed E-state index contributed by atoms with van der Waals surface area (Å²) >= 11 is 0. The van der Waals surface area contributed by atoms with Gasteiger partial charge in [-0.3, -0.25) is 0 Å². The second kappa shape index (κ2) is 6.79. The van der Waals surface area contributed by atoms with Crippen molar-refractivity contribution in [3.63, 3.8) is 0 Å². The third-order valence-electron chi connectivity index (χ3n) is 3.57. The zero-order valence-corrected chi connectivity index (χ0v) is 12.3. The van der Waals surface area contributed by atoms with Gasteiger partial charge < -0.3 is 15.3 Å². The zero-order valence-electron chi connectivity index (χ0n) is 12.3. The minimum Gasteiger partial charge on any atom is -0.508 e. The van der Waals surface area contributed by atoms with Crippen LogP contribution in [-0.2, 0) is 6.54 Å². The molecule has 0 spiro atoms. The lowest BCUT2D eigenvalue weighted by atomic mass is 10.1. The molecule has 0 aliphatic carbocycles. The van der Waals surface area contributed by atoms with E-state index < -0.39 is 0 Å². The van der Waals surface area contributed by atoms with Gasteiger partial charge in [-0.2, -0.15) is 0 Å². The third-order valence-corrected chi connectivity index (χ3v) is 3.57. The van der Waals surface area contributed by atoms with Crippen LogP contribution in [0.15, 0.2) is 54.6 Å². The second-order valence-electron chi connectivity index (χ2n) is 4.99. The summed E-state index contributed by atoms with van der Waals surface area (Å²) in [6.45, 7) is 2.37. The molecule has 2 N–H and O–H groups in total. The zero-order chi connectivity index (χ0) is 15.2. The SMILES string of the molecule is C[C@H](c1ccccc1O)N(C)C(=O)NCc1ccccc1. The van der Waals surface area contributed by atoms with E-state index in [-0.39, 0.29) is 17.8 Å². The fraction of sp³-hybridized carbons (Fsp3) is 0.235. The lowest BCUT2D eigenvalue weighted by Gasteiger charge is -2.26. The number of rotatable bonds is 4. The number of benzene rings is 2. The van der Waals surface area contributed by atoms with Gasteiger partial charge in [-0.05, 0) is 18.6 Å². The molecule has 2 rings (SSSR count). The molecule has 2 aromatic rings. The molecule has 4 nitrogen and oxygen atoms in total. The lowest BCUT2D eigenvalue weighted by Crippen LogP contribution is -2.38. The molecule has 110 valence electrons. The normalized spacial score (nSPS) is 11.7. The molecule has 0 unspecified atom stereocenters. The van der Waals surface area contributed by atoms with Gasteiger partial charge in [0.15, 0.2) is 0 Å². The van der Waals surface area contributed by atoms with E-state index in [1.807, 2.05) is 49.4 Å². The highest BCUT2D eigenvalue weighted by Crippen LogP contribution is 2.26. The van der Waals surface area contributed by atoms with Crippen molar-refractivity contribution in [1.82, 2.24) is 10.2 Å². The van der Waals surface area contributed by atoms with Crippen molar-refractivity contribution in [1.29, 1.82) is 0 Å². The van der Waals surface area contributed by atoms with Gasteiger partial charge >= 0.3 is 6.03 Å². The molecule has 0 aliphatic heterocycles. The van der Waals surface area contributed by atoms with E-state index >= 15 is 0 Å². The Morgan fingerprint density at radius 1 is 1.14 bits per heavy atom. The number of aromatic hydroxyl groups is 1. The molecule has 0 saturated heterocycles. The minimum absolute atomic E-state index is 0.172. The van der Waals surface area contributed by atoms with Gasteiger partial charge in [0.25, 0.3) is 0 Å². The Hall–Kier alpha value is -2.49. The molecule has 0 aliphatic rings. The predicted octanol–water partition coefficient (Wildman–Crippen LogP) is 3.29. The first-order valence-electron chi connectivity index (χ1n) is 6.92. The second-order valence-corrected chi connectivity index (χ2v) is 4.99. The molecule has 2 aromatic carbocycles. The molecule has 0 radical (unpaired) electrons. The monoisotopic (exact) mass is 284 g/mol. The van der Waals surface area contributed by atoms with Crippen molar-refractivity contribution in [3.8, 4) is 5.75 Å². The molecule has 21 heavy (non-hydrogen) atoms. The van der Waals surface area contributed by atoms with Gasteiger partial charge in [0, 0.05) is 19.2 Å². The summed E-state index contributed by atoms with van der Waals surface area (Å²) in [7, 11) is 1.72. The maximum Gasteiger partial charge on any atom is 0.317 e. The van der Waals surface area contributed by atoms with Gasteiger partial charge in [0.05, 0.1) is 6.04 Å². The van der Waals surface area contributed by atoms with Crippen molar-refractivity contribution in [2.24, 2.45) is 0 Å². The summed E-state index contributed by atoms with van der Waals surface area (Å²) in [6, 6.07) is 16.4. The highest BCUT2D eigenvalue weighted by molar-refractivity contribution is 5.74. The van der Waals surface area contributed by atoms with Crippen LogP contribution in [0.5, 0.6) is 5.75 Å². The minimum atomic E-state index is -0.207. The highest BCUT2D eigenvalue weighted by atomic mass is 16.3. The van der Waals surface area contributed by atoms with Gasteiger partial charge in [0.2, 0.25) is 0 Å². The lowest BCUT2D eigenvalue weighted by molar-refractivity contribution is 0.193. The van der Waals surface area contributed by atoms with Gasteiger partial charge in [-0.15, -0.1) is 0 Å². The Kier molecular flexibility index (Phi) is 4.82. The van der Waals surface area contributed by atoms with Crippen LogP contribution in [0.3, 0.4) is 0 Å². The van der Waals surface area contributed by atoms with Crippen molar-refractivity contribution in [2.75, 3.05) is 7.05 Å². The van der Waals surface area contributed by atoms with Crippen LogP contribution in [0.25, 0.3) is 0 Å². The van der Waals surface area contributed by atoms with Crippen LogP contribution in [0.2, 0.25) is 0 Å².